The SMILES string of the molecule is COCC(C)Nc1cc(C)ccc1F. The van der Waals surface area contributed by atoms with Crippen LogP contribution in [0.25, 0.3) is 0 Å². The molecule has 1 N–H and O–H groups in total. The van der Waals surface area contributed by atoms with Gasteiger partial charge in [0.15, 0.2) is 0 Å². The second-order valence-electron chi connectivity index (χ2n) is 3.48. The van der Waals surface area contributed by atoms with Crippen LogP contribution in [0.5, 0.6) is 0 Å². The van der Waals surface area contributed by atoms with Gasteiger partial charge in [-0.25, -0.2) is 4.39 Å². The Morgan fingerprint density at radius 1 is 1.50 bits per heavy atom. The molecule has 78 valence electrons. The zero-order valence-corrected chi connectivity index (χ0v) is 8.80. The lowest BCUT2D eigenvalue weighted by molar-refractivity contribution is 0.190. The molecule has 0 bridgehead atoms. The number of benzene rings is 1. The summed E-state index contributed by atoms with van der Waals surface area (Å²) in [7, 11) is 1.63. The Morgan fingerprint density at radius 3 is 2.86 bits per heavy atom. The molecule has 0 aromatic heterocycles. The van der Waals surface area contributed by atoms with Crippen molar-refractivity contribution in [1.29, 1.82) is 0 Å². The fraction of sp³-hybridized carbons (Fsp3) is 0.455. The second kappa shape index (κ2) is 4.96. The minimum Gasteiger partial charge on any atom is -0.383 e. The molecule has 3 heteroatoms. The summed E-state index contributed by atoms with van der Waals surface area (Å²) in [5.41, 5.74) is 1.58. The van der Waals surface area contributed by atoms with Crippen molar-refractivity contribution in [2.24, 2.45) is 0 Å². The summed E-state index contributed by atoms with van der Waals surface area (Å²) in [4.78, 5) is 0. The predicted octanol–water partition coefficient (Wildman–Crippen LogP) is 2.58. The van der Waals surface area contributed by atoms with E-state index < -0.39 is 0 Å². The topological polar surface area (TPSA) is 21.3 Å². The fourth-order valence-electron chi connectivity index (χ4n) is 1.31. The monoisotopic (exact) mass is 197 g/mol. The van der Waals surface area contributed by atoms with E-state index >= 15 is 0 Å². The zero-order valence-electron chi connectivity index (χ0n) is 8.80. The van der Waals surface area contributed by atoms with Gasteiger partial charge in [-0.1, -0.05) is 6.07 Å². The third kappa shape index (κ3) is 3.00. The molecule has 0 radical (unpaired) electrons. The van der Waals surface area contributed by atoms with Gasteiger partial charge in [-0.15, -0.1) is 0 Å². The zero-order chi connectivity index (χ0) is 10.6. The van der Waals surface area contributed by atoms with Crippen molar-refractivity contribution in [3.63, 3.8) is 0 Å². The molecule has 2 nitrogen and oxygen atoms in total. The van der Waals surface area contributed by atoms with Crippen LogP contribution >= 0.6 is 0 Å². The first-order chi connectivity index (χ1) is 6.63. The maximum atomic E-state index is 13.3. The summed E-state index contributed by atoms with van der Waals surface area (Å²) >= 11 is 0. The highest BCUT2D eigenvalue weighted by Crippen LogP contribution is 2.16. The maximum Gasteiger partial charge on any atom is 0.146 e. The van der Waals surface area contributed by atoms with Crippen LogP contribution in [-0.4, -0.2) is 19.8 Å². The lowest BCUT2D eigenvalue weighted by atomic mass is 10.2. The molecule has 1 unspecified atom stereocenters. The first-order valence-corrected chi connectivity index (χ1v) is 4.65. The normalized spacial score (nSPS) is 12.6. The third-order valence-corrected chi connectivity index (χ3v) is 1.94. The largest absolute Gasteiger partial charge is 0.383 e. The number of anilines is 1. The van der Waals surface area contributed by atoms with E-state index in [0.717, 1.165) is 5.56 Å². The van der Waals surface area contributed by atoms with E-state index in [9.17, 15) is 4.39 Å². The number of nitrogens with one attached hydrogen (secondary N) is 1. The third-order valence-electron chi connectivity index (χ3n) is 1.94. The Labute approximate surface area is 84.1 Å². The summed E-state index contributed by atoms with van der Waals surface area (Å²) in [5.74, 6) is -0.224. The highest BCUT2D eigenvalue weighted by atomic mass is 19.1. The number of hydrogen-bond acceptors (Lipinski definition) is 2. The molecule has 1 aromatic carbocycles. The van der Waals surface area contributed by atoms with Crippen LogP contribution in [0.15, 0.2) is 18.2 Å². The minimum atomic E-state index is -0.224. The number of rotatable bonds is 4. The van der Waals surface area contributed by atoms with Crippen molar-refractivity contribution in [1.82, 2.24) is 0 Å². The summed E-state index contributed by atoms with van der Waals surface area (Å²) in [6.07, 6.45) is 0. The molecule has 0 aliphatic rings. The van der Waals surface area contributed by atoms with Gasteiger partial charge in [0.2, 0.25) is 0 Å². The van der Waals surface area contributed by atoms with Crippen LogP contribution in [0.1, 0.15) is 12.5 Å². The first-order valence-electron chi connectivity index (χ1n) is 4.65. The fourth-order valence-corrected chi connectivity index (χ4v) is 1.31. The van der Waals surface area contributed by atoms with Gasteiger partial charge in [0.05, 0.1) is 12.3 Å². The number of hydrogen-bond donors (Lipinski definition) is 1. The van der Waals surface area contributed by atoms with Crippen molar-refractivity contribution < 1.29 is 9.13 Å². The maximum absolute atomic E-state index is 13.3. The molecule has 1 atom stereocenters. The van der Waals surface area contributed by atoms with Crippen LogP contribution in [0.2, 0.25) is 0 Å². The average molecular weight is 197 g/mol. The van der Waals surface area contributed by atoms with E-state index in [2.05, 4.69) is 5.32 Å². The van der Waals surface area contributed by atoms with Gasteiger partial charge in [-0.3, -0.25) is 0 Å². The number of methoxy groups -OCH3 is 1. The van der Waals surface area contributed by atoms with Crippen molar-refractivity contribution >= 4 is 5.69 Å². The van der Waals surface area contributed by atoms with E-state index in [1.54, 1.807) is 19.2 Å². The Balaban J connectivity index is 2.70. The molecular formula is C11H16FNO. The average Bonchev–Trinajstić information content (AvgIpc) is 2.12. The second-order valence-corrected chi connectivity index (χ2v) is 3.48. The molecule has 0 saturated carbocycles. The van der Waals surface area contributed by atoms with Crippen LogP contribution in [0, 0.1) is 12.7 Å². The molecule has 1 rings (SSSR count). The number of halogens is 1. The molecule has 0 aliphatic carbocycles. The van der Waals surface area contributed by atoms with E-state index in [1.165, 1.54) is 6.07 Å². The smallest absolute Gasteiger partial charge is 0.146 e. The highest BCUT2D eigenvalue weighted by Gasteiger charge is 2.05. The predicted molar refractivity (Wildman–Crippen MR) is 56.1 cm³/mol. The van der Waals surface area contributed by atoms with Gasteiger partial charge in [-0.2, -0.15) is 0 Å². The Morgan fingerprint density at radius 2 is 2.21 bits per heavy atom. The molecule has 0 aliphatic heterocycles. The van der Waals surface area contributed by atoms with Crippen molar-refractivity contribution in [3.8, 4) is 0 Å². The quantitative estimate of drug-likeness (QED) is 0.801. The molecule has 0 heterocycles. The summed E-state index contributed by atoms with van der Waals surface area (Å²) in [6, 6.07) is 5.12. The Kier molecular flexibility index (Phi) is 3.89. The Bertz CT molecular complexity index is 301. The highest BCUT2D eigenvalue weighted by molar-refractivity contribution is 5.47. The van der Waals surface area contributed by atoms with Crippen molar-refractivity contribution in [3.05, 3.63) is 29.6 Å². The molecule has 0 amide bonds. The van der Waals surface area contributed by atoms with Crippen LogP contribution in [-0.2, 0) is 4.74 Å². The number of aryl methyl sites for hydroxylation is 1. The van der Waals surface area contributed by atoms with Gasteiger partial charge in [0.25, 0.3) is 0 Å². The van der Waals surface area contributed by atoms with Gasteiger partial charge in [0, 0.05) is 13.2 Å². The van der Waals surface area contributed by atoms with Gasteiger partial charge in [0.1, 0.15) is 5.82 Å². The van der Waals surface area contributed by atoms with Crippen molar-refractivity contribution in [2.45, 2.75) is 19.9 Å². The molecule has 0 spiro atoms. The van der Waals surface area contributed by atoms with Crippen molar-refractivity contribution in [2.75, 3.05) is 19.0 Å². The molecular weight excluding hydrogens is 181 g/mol. The van der Waals surface area contributed by atoms with Gasteiger partial charge in [-0.05, 0) is 31.5 Å². The lowest BCUT2D eigenvalue weighted by Crippen LogP contribution is -2.21. The minimum absolute atomic E-state index is 0.108. The van der Waals surface area contributed by atoms with Gasteiger partial charge < -0.3 is 10.1 Å². The van der Waals surface area contributed by atoms with Gasteiger partial charge >= 0.3 is 0 Å². The molecule has 0 fully saturated rings. The summed E-state index contributed by atoms with van der Waals surface area (Å²) < 4.78 is 18.2. The van der Waals surface area contributed by atoms with E-state index in [-0.39, 0.29) is 11.9 Å². The van der Waals surface area contributed by atoms with E-state index in [0.29, 0.717) is 12.3 Å². The Hall–Kier alpha value is -1.09. The lowest BCUT2D eigenvalue weighted by Gasteiger charge is -2.15. The summed E-state index contributed by atoms with van der Waals surface area (Å²) in [5, 5.41) is 3.05. The molecule has 14 heavy (non-hydrogen) atoms. The first kappa shape index (κ1) is 11.0. The number of ether oxygens (including phenoxy) is 1. The van der Waals surface area contributed by atoms with Crippen LogP contribution < -0.4 is 5.32 Å². The van der Waals surface area contributed by atoms with Crippen LogP contribution in [0.4, 0.5) is 10.1 Å². The molecule has 0 saturated heterocycles. The van der Waals surface area contributed by atoms with Crippen LogP contribution in [0.3, 0.4) is 0 Å². The standard InChI is InChI=1S/C11H16FNO/c1-8-4-5-10(12)11(6-8)13-9(2)7-14-3/h4-6,9,13H,7H2,1-3H3. The molecule has 1 aromatic rings. The van der Waals surface area contributed by atoms with E-state index in [1.807, 2.05) is 13.8 Å². The van der Waals surface area contributed by atoms with E-state index in [4.69, 9.17) is 4.74 Å². The summed E-state index contributed by atoms with van der Waals surface area (Å²) in [6.45, 7) is 4.45.